The molecule has 2 rings (SSSR count). The number of pyridine rings is 1. The summed E-state index contributed by atoms with van der Waals surface area (Å²) in [5, 5.41) is 0. The van der Waals surface area contributed by atoms with Gasteiger partial charge in [-0.1, -0.05) is 30.0 Å². The highest BCUT2D eigenvalue weighted by Gasteiger charge is 2.38. The number of amides is 1. The van der Waals surface area contributed by atoms with Crippen molar-refractivity contribution in [2.45, 2.75) is 13.0 Å². The molecule has 0 aliphatic carbocycles. The van der Waals surface area contributed by atoms with Crippen LogP contribution in [0.5, 0.6) is 0 Å². The van der Waals surface area contributed by atoms with E-state index in [0.717, 1.165) is 17.3 Å². The zero-order chi connectivity index (χ0) is 16.8. The van der Waals surface area contributed by atoms with E-state index in [4.69, 9.17) is 21.7 Å². The number of nitrogens with zero attached hydrogens (tertiary/aromatic N) is 2. The van der Waals surface area contributed by atoms with Gasteiger partial charge in [0.1, 0.15) is 17.0 Å². The molecule has 0 bridgehead atoms. The van der Waals surface area contributed by atoms with Crippen LogP contribution in [0.15, 0.2) is 29.4 Å². The van der Waals surface area contributed by atoms with Crippen molar-refractivity contribution in [1.82, 2.24) is 9.88 Å². The molecule has 8 heteroatoms. The van der Waals surface area contributed by atoms with E-state index in [9.17, 15) is 9.59 Å². The minimum Gasteiger partial charge on any atom is -0.462 e. The van der Waals surface area contributed by atoms with Crippen molar-refractivity contribution >= 4 is 46.3 Å². The van der Waals surface area contributed by atoms with Crippen LogP contribution in [0.2, 0.25) is 0 Å². The molecule has 1 fully saturated rings. The first-order valence-electron chi connectivity index (χ1n) is 6.87. The lowest BCUT2D eigenvalue weighted by molar-refractivity contribution is -0.151. The predicted octanol–water partition coefficient (Wildman–Crippen LogP) is 1.86. The molecule has 2 heterocycles. The van der Waals surface area contributed by atoms with Crippen molar-refractivity contribution in [3.05, 3.63) is 35.0 Å². The van der Waals surface area contributed by atoms with Crippen LogP contribution in [0, 0.1) is 0 Å². The van der Waals surface area contributed by atoms with E-state index in [-0.39, 0.29) is 12.5 Å². The standard InChI is InChI=1S/C15H16N2O4S2/c1-10(14(19)21-7-6-20-2)17-13(18)12(23-15(17)22)8-11-4-3-5-16-9-11/h3-5,8-10H,6-7H2,1-2H3/b12-8-. The SMILES string of the molecule is COCCOC(=O)C(C)N1C(=O)/C(=C/c2cccnc2)SC1=S. The van der Waals surface area contributed by atoms with Crippen LogP contribution in [-0.2, 0) is 19.1 Å². The lowest BCUT2D eigenvalue weighted by atomic mass is 10.2. The Kier molecular flexibility index (Phi) is 6.26. The molecule has 1 aliphatic rings. The van der Waals surface area contributed by atoms with Crippen molar-refractivity contribution in [2.75, 3.05) is 20.3 Å². The average molecular weight is 352 g/mol. The number of hydrogen-bond donors (Lipinski definition) is 0. The number of carbonyl (C=O) groups excluding carboxylic acids is 2. The second-order valence-corrected chi connectivity index (χ2v) is 6.35. The Labute approximate surface area is 143 Å². The van der Waals surface area contributed by atoms with Gasteiger partial charge in [0.25, 0.3) is 5.91 Å². The molecule has 122 valence electrons. The van der Waals surface area contributed by atoms with Gasteiger partial charge in [0.05, 0.1) is 11.5 Å². The largest absolute Gasteiger partial charge is 0.462 e. The molecule has 1 aliphatic heterocycles. The first-order valence-corrected chi connectivity index (χ1v) is 8.09. The molecule has 1 aromatic heterocycles. The van der Waals surface area contributed by atoms with E-state index in [1.807, 2.05) is 6.07 Å². The number of thioether (sulfide) groups is 1. The van der Waals surface area contributed by atoms with Crippen LogP contribution >= 0.6 is 24.0 Å². The molecule has 1 saturated heterocycles. The number of rotatable bonds is 6. The van der Waals surface area contributed by atoms with Crippen LogP contribution < -0.4 is 0 Å². The molecule has 1 atom stereocenters. The third-order valence-corrected chi connectivity index (χ3v) is 4.40. The van der Waals surface area contributed by atoms with Gasteiger partial charge >= 0.3 is 5.97 Å². The van der Waals surface area contributed by atoms with Gasteiger partial charge in [-0.3, -0.25) is 14.7 Å². The zero-order valence-electron chi connectivity index (χ0n) is 12.7. The highest BCUT2D eigenvalue weighted by Crippen LogP contribution is 2.34. The minimum atomic E-state index is -0.779. The maximum Gasteiger partial charge on any atom is 0.329 e. The van der Waals surface area contributed by atoms with Gasteiger partial charge in [-0.15, -0.1) is 0 Å². The summed E-state index contributed by atoms with van der Waals surface area (Å²) in [6, 6.07) is 2.84. The summed E-state index contributed by atoms with van der Waals surface area (Å²) in [5.74, 6) is -0.818. The van der Waals surface area contributed by atoms with Crippen LogP contribution in [0.4, 0.5) is 0 Å². The quantitative estimate of drug-likeness (QED) is 0.335. The topological polar surface area (TPSA) is 68.7 Å². The van der Waals surface area contributed by atoms with Crippen LogP contribution in [-0.4, -0.2) is 52.4 Å². The van der Waals surface area contributed by atoms with Crippen molar-refractivity contribution in [2.24, 2.45) is 0 Å². The number of ether oxygens (including phenoxy) is 2. The second-order valence-electron chi connectivity index (χ2n) is 4.67. The van der Waals surface area contributed by atoms with E-state index in [0.29, 0.717) is 15.8 Å². The predicted molar refractivity (Wildman–Crippen MR) is 91.5 cm³/mol. The summed E-state index contributed by atoms with van der Waals surface area (Å²) < 4.78 is 10.2. The fourth-order valence-corrected chi connectivity index (χ4v) is 3.30. The van der Waals surface area contributed by atoms with Crippen molar-refractivity contribution < 1.29 is 19.1 Å². The Balaban J connectivity index is 2.09. The van der Waals surface area contributed by atoms with Crippen molar-refractivity contribution in [3.63, 3.8) is 0 Å². The van der Waals surface area contributed by atoms with Gasteiger partial charge in [0.2, 0.25) is 0 Å². The zero-order valence-corrected chi connectivity index (χ0v) is 14.4. The van der Waals surface area contributed by atoms with Gasteiger partial charge in [0, 0.05) is 19.5 Å². The number of thiocarbonyl (C=S) groups is 1. The summed E-state index contributed by atoms with van der Waals surface area (Å²) in [4.78, 5) is 30.2. The third kappa shape index (κ3) is 4.37. The van der Waals surface area contributed by atoms with E-state index >= 15 is 0 Å². The average Bonchev–Trinajstić information content (AvgIpc) is 2.82. The van der Waals surface area contributed by atoms with Gasteiger partial charge in [-0.25, -0.2) is 4.79 Å². The molecule has 0 radical (unpaired) electrons. The van der Waals surface area contributed by atoms with E-state index in [1.54, 1.807) is 31.5 Å². The lowest BCUT2D eigenvalue weighted by Crippen LogP contribution is -2.42. The Bertz CT molecular complexity index is 634. The Morgan fingerprint density at radius 1 is 1.52 bits per heavy atom. The third-order valence-electron chi connectivity index (χ3n) is 3.07. The van der Waals surface area contributed by atoms with Crippen LogP contribution in [0.25, 0.3) is 6.08 Å². The van der Waals surface area contributed by atoms with E-state index < -0.39 is 12.0 Å². The van der Waals surface area contributed by atoms with Gasteiger partial charge in [-0.05, 0) is 24.6 Å². The molecule has 1 amide bonds. The Morgan fingerprint density at radius 2 is 2.30 bits per heavy atom. The smallest absolute Gasteiger partial charge is 0.329 e. The summed E-state index contributed by atoms with van der Waals surface area (Å²) in [5.41, 5.74) is 0.795. The number of methoxy groups -OCH3 is 1. The fraction of sp³-hybridized carbons (Fsp3) is 0.333. The minimum absolute atomic E-state index is 0.139. The monoisotopic (exact) mass is 352 g/mol. The Hall–Kier alpha value is -1.77. The maximum absolute atomic E-state index is 12.5. The molecule has 0 aromatic carbocycles. The van der Waals surface area contributed by atoms with E-state index in [1.165, 1.54) is 12.0 Å². The van der Waals surface area contributed by atoms with Gasteiger partial charge in [-0.2, -0.15) is 0 Å². The molecule has 23 heavy (non-hydrogen) atoms. The number of carbonyl (C=O) groups is 2. The van der Waals surface area contributed by atoms with Gasteiger partial charge < -0.3 is 9.47 Å². The maximum atomic E-state index is 12.5. The normalized spacial score (nSPS) is 17.7. The molecule has 0 saturated carbocycles. The summed E-state index contributed by atoms with van der Waals surface area (Å²) in [7, 11) is 1.52. The summed E-state index contributed by atoms with van der Waals surface area (Å²) in [6.45, 7) is 2.03. The highest BCUT2D eigenvalue weighted by atomic mass is 32.2. The van der Waals surface area contributed by atoms with Crippen LogP contribution in [0.1, 0.15) is 12.5 Å². The number of hydrogen-bond acceptors (Lipinski definition) is 7. The van der Waals surface area contributed by atoms with Crippen LogP contribution in [0.3, 0.4) is 0 Å². The van der Waals surface area contributed by atoms with Crippen molar-refractivity contribution in [1.29, 1.82) is 0 Å². The lowest BCUT2D eigenvalue weighted by Gasteiger charge is -2.21. The molecular weight excluding hydrogens is 336 g/mol. The fourth-order valence-electron chi connectivity index (χ4n) is 1.88. The van der Waals surface area contributed by atoms with Gasteiger partial charge in [0.15, 0.2) is 0 Å². The van der Waals surface area contributed by atoms with Crippen molar-refractivity contribution in [3.8, 4) is 0 Å². The molecule has 1 aromatic rings. The molecule has 0 spiro atoms. The molecule has 1 unspecified atom stereocenters. The first-order chi connectivity index (χ1) is 11.0. The molecular formula is C15H16N2O4S2. The summed E-state index contributed by atoms with van der Waals surface area (Å²) in [6.07, 6.45) is 5.00. The first kappa shape index (κ1) is 17.6. The second kappa shape index (κ2) is 8.19. The molecule has 6 nitrogen and oxygen atoms in total. The summed E-state index contributed by atoms with van der Waals surface area (Å²) >= 11 is 6.38. The molecule has 0 N–H and O–H groups in total. The number of aromatic nitrogens is 1. The Morgan fingerprint density at radius 3 is 2.96 bits per heavy atom. The van der Waals surface area contributed by atoms with E-state index in [2.05, 4.69) is 4.98 Å². The number of esters is 1. The highest BCUT2D eigenvalue weighted by molar-refractivity contribution is 8.26.